The minimum atomic E-state index is 0.0119. The van der Waals surface area contributed by atoms with Crippen LogP contribution in [0.4, 0.5) is 5.69 Å². The van der Waals surface area contributed by atoms with Gasteiger partial charge in [-0.15, -0.1) is 11.8 Å². The van der Waals surface area contributed by atoms with Crippen molar-refractivity contribution >= 4 is 29.3 Å². The first-order valence-corrected chi connectivity index (χ1v) is 11.2. The molecule has 2 heterocycles. The molecule has 1 N–H and O–H groups in total. The van der Waals surface area contributed by atoms with Crippen LogP contribution in [0.3, 0.4) is 0 Å². The van der Waals surface area contributed by atoms with Crippen LogP contribution in [0.25, 0.3) is 0 Å². The van der Waals surface area contributed by atoms with Crippen molar-refractivity contribution in [3.63, 3.8) is 0 Å². The van der Waals surface area contributed by atoms with Gasteiger partial charge >= 0.3 is 0 Å². The van der Waals surface area contributed by atoms with Gasteiger partial charge in [0.1, 0.15) is 0 Å². The van der Waals surface area contributed by atoms with E-state index in [4.69, 9.17) is 0 Å². The van der Waals surface area contributed by atoms with E-state index in [2.05, 4.69) is 22.3 Å². The number of likely N-dealkylation sites (tertiary alicyclic amines) is 1. The summed E-state index contributed by atoms with van der Waals surface area (Å²) in [5.41, 5.74) is 2.91. The van der Waals surface area contributed by atoms with Crippen molar-refractivity contribution in [3.05, 3.63) is 59.7 Å². The number of nitrogens with zero attached hydrogens (tertiary/aromatic N) is 2. The summed E-state index contributed by atoms with van der Waals surface area (Å²) in [5, 5.41) is 2.91. The third kappa shape index (κ3) is 4.82. The van der Waals surface area contributed by atoms with Gasteiger partial charge in [-0.05, 0) is 49.2 Å². The Hall–Kier alpha value is -2.31. The highest BCUT2D eigenvalue weighted by atomic mass is 32.2. The number of benzene rings is 2. The van der Waals surface area contributed by atoms with E-state index in [-0.39, 0.29) is 17.9 Å². The van der Waals surface area contributed by atoms with Crippen molar-refractivity contribution in [1.82, 2.24) is 9.80 Å². The van der Waals surface area contributed by atoms with Crippen LogP contribution in [0.1, 0.15) is 30.0 Å². The zero-order valence-electron chi connectivity index (χ0n) is 16.8. The number of hydrogen-bond donors (Lipinski definition) is 1. The number of nitrogens with one attached hydrogen (secondary N) is 1. The summed E-state index contributed by atoms with van der Waals surface area (Å²) in [6.07, 6.45) is 2.80. The van der Waals surface area contributed by atoms with E-state index in [1.165, 1.54) is 30.2 Å². The summed E-state index contributed by atoms with van der Waals surface area (Å²) in [5.74, 6) is 0.550. The zero-order chi connectivity index (χ0) is 20.2. The van der Waals surface area contributed by atoms with Crippen molar-refractivity contribution < 1.29 is 9.59 Å². The fraction of sp³-hybridized carbons (Fsp3) is 0.391. The number of anilines is 1. The number of likely N-dealkylation sites (N-methyl/N-ethyl adjacent to an activating group) is 1. The fourth-order valence-corrected chi connectivity index (χ4v) is 4.84. The molecule has 0 bridgehead atoms. The average molecular weight is 410 g/mol. The van der Waals surface area contributed by atoms with Crippen LogP contribution in [-0.4, -0.2) is 54.0 Å². The van der Waals surface area contributed by atoms with Gasteiger partial charge < -0.3 is 15.1 Å². The molecular weight excluding hydrogens is 382 g/mol. The van der Waals surface area contributed by atoms with Crippen LogP contribution in [-0.2, 0) is 16.0 Å². The number of thioether (sulfide) groups is 1. The van der Waals surface area contributed by atoms with Crippen LogP contribution in [0.2, 0.25) is 0 Å². The van der Waals surface area contributed by atoms with Crippen molar-refractivity contribution in [2.75, 3.05) is 37.8 Å². The van der Waals surface area contributed by atoms with Gasteiger partial charge in [-0.2, -0.15) is 0 Å². The molecule has 5 nitrogen and oxygen atoms in total. The minimum absolute atomic E-state index is 0.0119. The molecule has 152 valence electrons. The molecule has 1 fully saturated rings. The molecule has 1 atom stereocenters. The molecule has 4 rings (SSSR count). The first-order chi connectivity index (χ1) is 14.1. The van der Waals surface area contributed by atoms with Gasteiger partial charge in [0.05, 0.1) is 23.9 Å². The molecule has 6 heteroatoms. The number of fused-ring (bicyclic) bond motifs is 1. The molecule has 2 aliphatic heterocycles. The molecular formula is C23H27N3O2S. The normalized spacial score (nSPS) is 17.5. The van der Waals surface area contributed by atoms with Crippen LogP contribution in [0.15, 0.2) is 53.4 Å². The first kappa shape index (κ1) is 20.0. The smallest absolute Gasteiger partial charge is 0.234 e. The standard InChI is InChI=1S/C23H27N3O2S/c1-25(20(15-26-11-5-6-12-26)18-7-3-2-4-8-18)23(28)14-17-9-10-21-19(13-17)24-22(27)16-29-21/h2-4,7-10,13,20H,5-6,11-12,14-16H2,1H3,(H,24,27). The Morgan fingerprint density at radius 1 is 1.17 bits per heavy atom. The molecule has 2 aliphatic rings. The highest BCUT2D eigenvalue weighted by molar-refractivity contribution is 8.00. The topological polar surface area (TPSA) is 52.7 Å². The average Bonchev–Trinajstić information content (AvgIpc) is 3.25. The largest absolute Gasteiger partial charge is 0.337 e. The molecule has 0 radical (unpaired) electrons. The third-order valence-corrected chi connectivity index (χ3v) is 6.78. The maximum atomic E-state index is 13.1. The van der Waals surface area contributed by atoms with E-state index >= 15 is 0 Å². The summed E-state index contributed by atoms with van der Waals surface area (Å²) in [7, 11) is 1.91. The van der Waals surface area contributed by atoms with Gasteiger partial charge in [0, 0.05) is 18.5 Å². The van der Waals surface area contributed by atoms with E-state index in [1.54, 1.807) is 0 Å². The molecule has 1 unspecified atom stereocenters. The van der Waals surface area contributed by atoms with Gasteiger partial charge in [-0.3, -0.25) is 9.59 Å². The molecule has 29 heavy (non-hydrogen) atoms. The van der Waals surface area contributed by atoms with Gasteiger partial charge in [0.15, 0.2) is 0 Å². The van der Waals surface area contributed by atoms with Crippen LogP contribution < -0.4 is 5.32 Å². The lowest BCUT2D eigenvalue weighted by molar-refractivity contribution is -0.131. The Balaban J connectivity index is 1.49. The second kappa shape index (κ2) is 9.01. The summed E-state index contributed by atoms with van der Waals surface area (Å²) in [4.78, 5) is 30.2. The predicted octanol–water partition coefficient (Wildman–Crippen LogP) is 3.57. The quantitative estimate of drug-likeness (QED) is 0.793. The van der Waals surface area contributed by atoms with Gasteiger partial charge in [-0.1, -0.05) is 36.4 Å². The molecule has 0 aliphatic carbocycles. The molecule has 2 aromatic carbocycles. The lowest BCUT2D eigenvalue weighted by atomic mass is 10.0. The predicted molar refractivity (Wildman–Crippen MR) is 117 cm³/mol. The summed E-state index contributed by atoms with van der Waals surface area (Å²) < 4.78 is 0. The molecule has 0 aromatic heterocycles. The Bertz CT molecular complexity index is 881. The van der Waals surface area contributed by atoms with Crippen LogP contribution in [0, 0.1) is 0 Å². The number of hydrogen-bond acceptors (Lipinski definition) is 4. The zero-order valence-corrected chi connectivity index (χ0v) is 17.6. The lowest BCUT2D eigenvalue weighted by Crippen LogP contribution is -2.39. The second-order valence-electron chi connectivity index (χ2n) is 7.78. The molecule has 1 saturated heterocycles. The second-order valence-corrected chi connectivity index (χ2v) is 8.80. The molecule has 0 spiro atoms. The van der Waals surface area contributed by atoms with E-state index in [0.29, 0.717) is 12.2 Å². The van der Waals surface area contributed by atoms with Crippen LogP contribution >= 0.6 is 11.8 Å². The monoisotopic (exact) mass is 409 g/mol. The molecule has 2 amide bonds. The van der Waals surface area contributed by atoms with E-state index in [9.17, 15) is 9.59 Å². The maximum absolute atomic E-state index is 13.1. The lowest BCUT2D eigenvalue weighted by Gasteiger charge is -2.32. The summed E-state index contributed by atoms with van der Waals surface area (Å²) in [6.45, 7) is 3.07. The van der Waals surface area contributed by atoms with E-state index in [0.717, 1.165) is 35.8 Å². The minimum Gasteiger partial charge on any atom is -0.337 e. The summed E-state index contributed by atoms with van der Waals surface area (Å²) in [6, 6.07) is 16.3. The van der Waals surface area contributed by atoms with Gasteiger partial charge in [0.2, 0.25) is 11.8 Å². The van der Waals surface area contributed by atoms with Crippen molar-refractivity contribution in [2.24, 2.45) is 0 Å². The maximum Gasteiger partial charge on any atom is 0.234 e. The number of carbonyl (C=O) groups excluding carboxylic acids is 2. The van der Waals surface area contributed by atoms with Crippen LogP contribution in [0.5, 0.6) is 0 Å². The van der Waals surface area contributed by atoms with Crippen molar-refractivity contribution in [1.29, 1.82) is 0 Å². The highest BCUT2D eigenvalue weighted by Gasteiger charge is 2.26. The van der Waals surface area contributed by atoms with E-state index in [1.807, 2.05) is 48.3 Å². The van der Waals surface area contributed by atoms with Crippen molar-refractivity contribution in [3.8, 4) is 0 Å². The summed E-state index contributed by atoms with van der Waals surface area (Å²) >= 11 is 1.54. The van der Waals surface area contributed by atoms with E-state index < -0.39 is 0 Å². The molecule has 0 saturated carbocycles. The Morgan fingerprint density at radius 3 is 2.69 bits per heavy atom. The Labute approximate surface area is 176 Å². The number of carbonyl (C=O) groups is 2. The van der Waals surface area contributed by atoms with Gasteiger partial charge in [0.25, 0.3) is 0 Å². The Kier molecular flexibility index (Phi) is 6.21. The first-order valence-electron chi connectivity index (χ1n) is 10.2. The molecule has 2 aromatic rings. The SMILES string of the molecule is CN(C(=O)Cc1ccc2c(c1)NC(=O)CS2)C(CN1CCCC1)c1ccccc1. The number of rotatable bonds is 6. The third-order valence-electron chi connectivity index (χ3n) is 5.71. The van der Waals surface area contributed by atoms with Gasteiger partial charge in [-0.25, -0.2) is 0 Å². The fourth-order valence-electron chi connectivity index (χ4n) is 4.05. The van der Waals surface area contributed by atoms with Crippen molar-refractivity contribution in [2.45, 2.75) is 30.2 Å². The number of amides is 2. The highest BCUT2D eigenvalue weighted by Crippen LogP contribution is 2.32. The Morgan fingerprint density at radius 2 is 1.93 bits per heavy atom.